The second-order valence-corrected chi connectivity index (χ2v) is 5.01. The first-order valence-corrected chi connectivity index (χ1v) is 6.61. The lowest BCUT2D eigenvalue weighted by Crippen LogP contribution is -2.47. The molecule has 0 saturated heterocycles. The van der Waals surface area contributed by atoms with Crippen LogP contribution in [-0.4, -0.2) is 32.0 Å². The lowest BCUT2D eigenvalue weighted by Gasteiger charge is -2.33. The molecule has 0 amide bonds. The zero-order chi connectivity index (χ0) is 14.5. The van der Waals surface area contributed by atoms with Crippen molar-refractivity contribution in [2.75, 3.05) is 20.8 Å². The van der Waals surface area contributed by atoms with E-state index in [2.05, 4.69) is 19.2 Å². The van der Waals surface area contributed by atoms with E-state index in [1.807, 2.05) is 25.1 Å². The van der Waals surface area contributed by atoms with Crippen LogP contribution in [0.15, 0.2) is 18.2 Å². The number of methoxy groups -OCH3 is 2. The molecule has 0 aliphatic rings. The Morgan fingerprint density at radius 2 is 2.00 bits per heavy atom. The van der Waals surface area contributed by atoms with Crippen LogP contribution in [0, 0.1) is 0 Å². The fraction of sp³-hybridized carbons (Fsp3) is 0.600. The summed E-state index contributed by atoms with van der Waals surface area (Å²) in [6.45, 7) is 6.19. The van der Waals surface area contributed by atoms with Crippen molar-refractivity contribution < 1.29 is 14.6 Å². The maximum absolute atomic E-state index is 9.78. The number of benzene rings is 1. The van der Waals surface area contributed by atoms with E-state index in [0.717, 1.165) is 17.7 Å². The molecule has 0 spiro atoms. The Kier molecular flexibility index (Phi) is 5.63. The molecule has 19 heavy (non-hydrogen) atoms. The van der Waals surface area contributed by atoms with Gasteiger partial charge in [0, 0.05) is 17.7 Å². The molecule has 0 aliphatic carbocycles. The topological polar surface area (TPSA) is 50.7 Å². The molecule has 0 radical (unpaired) electrons. The van der Waals surface area contributed by atoms with Crippen LogP contribution in [0.3, 0.4) is 0 Å². The molecule has 2 unspecified atom stereocenters. The second-order valence-electron chi connectivity index (χ2n) is 5.01. The zero-order valence-corrected chi connectivity index (χ0v) is 12.5. The van der Waals surface area contributed by atoms with Gasteiger partial charge in [-0.2, -0.15) is 0 Å². The van der Waals surface area contributed by atoms with E-state index < -0.39 is 5.54 Å². The van der Waals surface area contributed by atoms with Gasteiger partial charge in [0.1, 0.15) is 11.5 Å². The van der Waals surface area contributed by atoms with Crippen LogP contribution in [0.1, 0.15) is 32.8 Å². The minimum absolute atomic E-state index is 0.0000286. The predicted octanol–water partition coefficient (Wildman–Crippen LogP) is 2.30. The van der Waals surface area contributed by atoms with E-state index in [0.29, 0.717) is 11.8 Å². The number of nitrogens with one attached hydrogen (secondary N) is 1. The van der Waals surface area contributed by atoms with Crippen LogP contribution in [0.25, 0.3) is 0 Å². The highest BCUT2D eigenvalue weighted by molar-refractivity contribution is 5.44. The zero-order valence-electron chi connectivity index (χ0n) is 12.5. The van der Waals surface area contributed by atoms with Gasteiger partial charge in [0.25, 0.3) is 0 Å². The van der Waals surface area contributed by atoms with E-state index in [1.165, 1.54) is 0 Å². The average Bonchev–Trinajstić information content (AvgIpc) is 2.45. The van der Waals surface area contributed by atoms with Crippen molar-refractivity contribution in [3.05, 3.63) is 23.8 Å². The summed E-state index contributed by atoms with van der Waals surface area (Å²) in [6, 6.07) is 5.96. The Labute approximate surface area is 115 Å². The highest BCUT2D eigenvalue weighted by Crippen LogP contribution is 2.33. The fourth-order valence-corrected chi connectivity index (χ4v) is 2.11. The third-order valence-corrected chi connectivity index (χ3v) is 3.50. The summed E-state index contributed by atoms with van der Waals surface area (Å²) in [5, 5.41) is 13.2. The molecule has 4 heteroatoms. The molecule has 1 aromatic rings. The number of aliphatic hydroxyl groups excluding tert-OH is 1. The SMILES string of the molecule is CCC(C)NC(C)(CO)c1ccc(OC)cc1OC. The van der Waals surface area contributed by atoms with Crippen LogP contribution in [-0.2, 0) is 5.54 Å². The standard InChI is InChI=1S/C15H25NO3/c1-6-11(2)16-15(3,10-17)13-8-7-12(18-4)9-14(13)19-5/h7-9,11,16-17H,6,10H2,1-5H3. The van der Waals surface area contributed by atoms with Crippen molar-refractivity contribution in [2.24, 2.45) is 0 Å². The van der Waals surface area contributed by atoms with Gasteiger partial charge in [0.05, 0.1) is 26.4 Å². The molecule has 2 atom stereocenters. The average molecular weight is 267 g/mol. The first kappa shape index (κ1) is 15.8. The highest BCUT2D eigenvalue weighted by atomic mass is 16.5. The van der Waals surface area contributed by atoms with Crippen molar-refractivity contribution in [3.8, 4) is 11.5 Å². The largest absolute Gasteiger partial charge is 0.497 e. The summed E-state index contributed by atoms with van der Waals surface area (Å²) in [6.07, 6.45) is 0.994. The van der Waals surface area contributed by atoms with Gasteiger partial charge in [0.2, 0.25) is 0 Å². The molecule has 0 heterocycles. The summed E-state index contributed by atoms with van der Waals surface area (Å²) in [5.41, 5.74) is 0.395. The Bertz CT molecular complexity index is 408. The third-order valence-electron chi connectivity index (χ3n) is 3.50. The van der Waals surface area contributed by atoms with Crippen LogP contribution in [0.5, 0.6) is 11.5 Å². The summed E-state index contributed by atoms with van der Waals surface area (Å²) in [5.74, 6) is 1.45. The second kappa shape index (κ2) is 6.78. The Hall–Kier alpha value is -1.26. The lowest BCUT2D eigenvalue weighted by molar-refractivity contribution is 0.159. The predicted molar refractivity (Wildman–Crippen MR) is 76.9 cm³/mol. The molecule has 0 saturated carbocycles. The maximum Gasteiger partial charge on any atom is 0.127 e. The Morgan fingerprint density at radius 3 is 2.47 bits per heavy atom. The highest BCUT2D eigenvalue weighted by Gasteiger charge is 2.30. The van der Waals surface area contributed by atoms with Gasteiger partial charge in [0.15, 0.2) is 0 Å². The molecule has 4 nitrogen and oxygen atoms in total. The molecule has 1 rings (SSSR count). The normalized spacial score (nSPS) is 15.7. The lowest BCUT2D eigenvalue weighted by atomic mass is 9.90. The molecule has 1 aromatic carbocycles. The maximum atomic E-state index is 9.78. The first-order chi connectivity index (χ1) is 9.00. The van der Waals surface area contributed by atoms with Crippen LogP contribution in [0.4, 0.5) is 0 Å². The molecule has 0 aromatic heterocycles. The van der Waals surface area contributed by atoms with Crippen molar-refractivity contribution >= 4 is 0 Å². The van der Waals surface area contributed by atoms with Crippen molar-refractivity contribution in [3.63, 3.8) is 0 Å². The van der Waals surface area contributed by atoms with Crippen molar-refractivity contribution in [2.45, 2.75) is 38.8 Å². The molecular formula is C15H25NO3. The van der Waals surface area contributed by atoms with E-state index in [9.17, 15) is 5.11 Å². The van der Waals surface area contributed by atoms with E-state index in [4.69, 9.17) is 9.47 Å². The van der Waals surface area contributed by atoms with Gasteiger partial charge in [-0.3, -0.25) is 0 Å². The minimum atomic E-state index is -0.535. The number of rotatable bonds is 7. The molecule has 0 bridgehead atoms. The quantitative estimate of drug-likeness (QED) is 0.796. The number of ether oxygens (including phenoxy) is 2. The molecular weight excluding hydrogens is 242 g/mol. The number of aliphatic hydroxyl groups is 1. The fourth-order valence-electron chi connectivity index (χ4n) is 2.11. The van der Waals surface area contributed by atoms with Gasteiger partial charge in [-0.15, -0.1) is 0 Å². The number of hydrogen-bond acceptors (Lipinski definition) is 4. The molecule has 0 aliphatic heterocycles. The smallest absolute Gasteiger partial charge is 0.127 e. The summed E-state index contributed by atoms with van der Waals surface area (Å²) in [7, 11) is 3.25. The van der Waals surface area contributed by atoms with Crippen LogP contribution in [0.2, 0.25) is 0 Å². The van der Waals surface area contributed by atoms with Gasteiger partial charge in [-0.25, -0.2) is 0 Å². The summed E-state index contributed by atoms with van der Waals surface area (Å²) >= 11 is 0. The molecule has 108 valence electrons. The van der Waals surface area contributed by atoms with Gasteiger partial charge < -0.3 is 19.9 Å². The number of hydrogen-bond donors (Lipinski definition) is 2. The van der Waals surface area contributed by atoms with E-state index in [-0.39, 0.29) is 6.61 Å². The Balaban J connectivity index is 3.16. The van der Waals surface area contributed by atoms with Gasteiger partial charge in [-0.05, 0) is 32.4 Å². The molecule has 0 fully saturated rings. The van der Waals surface area contributed by atoms with Gasteiger partial charge >= 0.3 is 0 Å². The first-order valence-electron chi connectivity index (χ1n) is 6.61. The van der Waals surface area contributed by atoms with E-state index in [1.54, 1.807) is 14.2 Å². The monoisotopic (exact) mass is 267 g/mol. The summed E-state index contributed by atoms with van der Waals surface area (Å²) < 4.78 is 10.6. The van der Waals surface area contributed by atoms with Crippen molar-refractivity contribution in [1.29, 1.82) is 0 Å². The van der Waals surface area contributed by atoms with Gasteiger partial charge in [-0.1, -0.05) is 6.92 Å². The Morgan fingerprint density at radius 1 is 1.32 bits per heavy atom. The van der Waals surface area contributed by atoms with Crippen LogP contribution >= 0.6 is 0 Å². The minimum Gasteiger partial charge on any atom is -0.497 e. The summed E-state index contributed by atoms with van der Waals surface area (Å²) in [4.78, 5) is 0. The van der Waals surface area contributed by atoms with Crippen LogP contribution < -0.4 is 14.8 Å². The van der Waals surface area contributed by atoms with Crippen molar-refractivity contribution in [1.82, 2.24) is 5.32 Å². The third kappa shape index (κ3) is 3.61. The molecule has 2 N–H and O–H groups in total. The van der Waals surface area contributed by atoms with E-state index >= 15 is 0 Å².